The van der Waals surface area contributed by atoms with Crippen molar-refractivity contribution in [3.63, 3.8) is 0 Å². The van der Waals surface area contributed by atoms with Gasteiger partial charge in [-0.15, -0.1) is 15.9 Å². The van der Waals surface area contributed by atoms with Crippen molar-refractivity contribution >= 4 is 33.6 Å². The second-order valence-corrected chi connectivity index (χ2v) is 14.5. The van der Waals surface area contributed by atoms with Gasteiger partial charge in [-0.25, -0.2) is 4.68 Å². The molecule has 1 aliphatic heterocycles. The number of ether oxygens (including phenoxy) is 1. The van der Waals surface area contributed by atoms with Gasteiger partial charge < -0.3 is 15.8 Å². The fourth-order valence-electron chi connectivity index (χ4n) is 6.30. The predicted octanol–water partition coefficient (Wildman–Crippen LogP) is 5.53. The van der Waals surface area contributed by atoms with E-state index in [1.165, 1.54) is 0 Å². The van der Waals surface area contributed by atoms with Crippen molar-refractivity contribution in [2.24, 2.45) is 11.1 Å². The molecule has 2 atom stereocenters. The van der Waals surface area contributed by atoms with Crippen molar-refractivity contribution in [1.29, 1.82) is 0 Å². The number of benzene rings is 3. The van der Waals surface area contributed by atoms with Crippen LogP contribution in [0.4, 0.5) is 0 Å². The number of primary amides is 1. The minimum atomic E-state index is -3.37. The van der Waals surface area contributed by atoms with E-state index in [0.29, 0.717) is 30.2 Å². The summed E-state index contributed by atoms with van der Waals surface area (Å²) in [6, 6.07) is 17.1. The number of aromatic nitrogens is 3. The number of nitrogens with zero attached hydrogens (tertiary/aromatic N) is 4. The molecule has 246 valence electrons. The van der Waals surface area contributed by atoms with Gasteiger partial charge in [-0.05, 0) is 73.2 Å². The number of carbonyl (C=O) groups is 2. The number of rotatable bonds is 10. The van der Waals surface area contributed by atoms with Gasteiger partial charge in [0, 0.05) is 19.0 Å². The minimum Gasteiger partial charge on any atom is -0.487 e. The summed E-state index contributed by atoms with van der Waals surface area (Å²) in [6.07, 6.45) is 0.463. The highest BCUT2D eigenvalue weighted by Gasteiger charge is 2.41. The maximum Gasteiger partial charge on any atom is 0.236 e. The average Bonchev–Trinajstić information content (AvgIpc) is 3.41. The van der Waals surface area contributed by atoms with E-state index in [1.54, 1.807) is 22.5 Å². The Morgan fingerprint density at radius 1 is 1.13 bits per heavy atom. The third-order valence-corrected chi connectivity index (χ3v) is 11.0. The van der Waals surface area contributed by atoms with Gasteiger partial charge >= 0.3 is 0 Å². The largest absolute Gasteiger partial charge is 0.487 e. The quantitative estimate of drug-likeness (QED) is 0.175. The Morgan fingerprint density at radius 3 is 2.57 bits per heavy atom. The van der Waals surface area contributed by atoms with Gasteiger partial charge in [0.1, 0.15) is 22.3 Å². The average molecular weight is 649 g/mol. The number of nitrogens with one attached hydrogen (secondary N) is 1. The van der Waals surface area contributed by atoms with E-state index in [1.807, 2.05) is 82.6 Å². The van der Waals surface area contributed by atoms with Gasteiger partial charge in [0.25, 0.3) is 0 Å². The number of amides is 2. The molecule has 0 saturated heterocycles. The monoisotopic (exact) mass is 648 g/mol. The maximum atomic E-state index is 13.7. The predicted molar refractivity (Wildman–Crippen MR) is 180 cm³/mol. The van der Waals surface area contributed by atoms with Gasteiger partial charge in [0.05, 0.1) is 24.0 Å². The molecule has 0 spiro atoms. The fraction of sp³-hybridized carbons (Fsp3) is 0.412. The lowest BCUT2D eigenvalue weighted by Crippen LogP contribution is -2.44. The number of fused-ring (bicyclic) bond motifs is 2. The molecule has 5 N–H and O–H groups in total. The Hall–Kier alpha value is -3.97. The lowest BCUT2D eigenvalue weighted by molar-refractivity contribution is -0.131. The third kappa shape index (κ3) is 6.22. The first kappa shape index (κ1) is 33.4. The van der Waals surface area contributed by atoms with Crippen molar-refractivity contribution in [2.75, 3.05) is 13.1 Å². The van der Waals surface area contributed by atoms with E-state index in [9.17, 15) is 18.7 Å². The second-order valence-electron chi connectivity index (χ2n) is 12.5. The molecule has 0 bridgehead atoms. The Kier molecular flexibility index (Phi) is 9.46. The summed E-state index contributed by atoms with van der Waals surface area (Å²) in [5.41, 5.74) is 10.5. The van der Waals surface area contributed by atoms with Crippen LogP contribution < -0.4 is 15.8 Å². The Bertz CT molecular complexity index is 1770. The first-order valence-electron chi connectivity index (χ1n) is 15.6. The number of aryl methyl sites for hydroxylation is 3. The number of nitrogens with two attached hydrogens (primary N) is 1. The summed E-state index contributed by atoms with van der Waals surface area (Å²) < 4.78 is 33.0. The van der Waals surface area contributed by atoms with Crippen LogP contribution in [0.5, 0.6) is 5.75 Å². The van der Waals surface area contributed by atoms with Crippen LogP contribution in [0.25, 0.3) is 11.0 Å². The molecule has 2 heterocycles. The standard InChI is InChI=1S/C34H44N6O5S/c1-7-25-20-39(46(43,44)29-12-10-9-11-28(29)45-25)19-24-17-23(14-13-21(24)3)31(34(5,6)33(42)36-18-30(35)41)26-15-16-27-32(22(26)4)37-38-40(27)8-2/h9-17,25,31,43-44H,7-8,18-20H2,1-6H3,(H2,35,41)(H,36,42). The van der Waals surface area contributed by atoms with E-state index >= 15 is 0 Å². The number of hydrogen-bond donors (Lipinski definition) is 4. The van der Waals surface area contributed by atoms with Crippen molar-refractivity contribution in [3.05, 3.63) is 82.4 Å². The third-order valence-electron chi connectivity index (χ3n) is 9.04. The molecular weight excluding hydrogens is 604 g/mol. The van der Waals surface area contributed by atoms with Crippen LogP contribution in [0.1, 0.15) is 67.9 Å². The first-order chi connectivity index (χ1) is 21.8. The van der Waals surface area contributed by atoms with Crippen LogP contribution in [0.3, 0.4) is 0 Å². The maximum absolute atomic E-state index is 13.7. The van der Waals surface area contributed by atoms with E-state index in [4.69, 9.17) is 10.5 Å². The topological polar surface area (TPSA) is 156 Å². The molecule has 3 aromatic carbocycles. The highest BCUT2D eigenvalue weighted by atomic mass is 32.3. The van der Waals surface area contributed by atoms with E-state index in [-0.39, 0.29) is 25.1 Å². The van der Waals surface area contributed by atoms with Crippen LogP contribution in [-0.2, 0) is 22.7 Å². The summed E-state index contributed by atoms with van der Waals surface area (Å²) in [7, 11) is -3.37. The molecule has 2 unspecified atom stereocenters. The highest BCUT2D eigenvalue weighted by molar-refractivity contribution is 8.22. The van der Waals surface area contributed by atoms with Crippen LogP contribution in [0.15, 0.2) is 59.5 Å². The van der Waals surface area contributed by atoms with Crippen LogP contribution >= 0.6 is 10.8 Å². The molecule has 11 nitrogen and oxygen atoms in total. The number of carbonyl (C=O) groups excluding carboxylic acids is 2. The molecule has 5 rings (SSSR count). The summed E-state index contributed by atoms with van der Waals surface area (Å²) >= 11 is 0. The van der Waals surface area contributed by atoms with Crippen LogP contribution in [-0.4, -0.2) is 59.4 Å². The van der Waals surface area contributed by atoms with E-state index < -0.39 is 28.0 Å². The van der Waals surface area contributed by atoms with Gasteiger partial charge in [0.15, 0.2) is 0 Å². The van der Waals surface area contributed by atoms with Gasteiger partial charge in [-0.2, -0.15) is 4.31 Å². The molecule has 12 heteroatoms. The molecule has 4 aromatic rings. The lowest BCUT2D eigenvalue weighted by Gasteiger charge is -2.42. The number of hydrogen-bond acceptors (Lipinski definition) is 8. The normalized spacial score (nSPS) is 17.9. The Labute approximate surface area is 271 Å². The minimum absolute atomic E-state index is 0.232. The zero-order valence-corrected chi connectivity index (χ0v) is 28.1. The Balaban J connectivity index is 1.62. The summed E-state index contributed by atoms with van der Waals surface area (Å²) in [4.78, 5) is 25.7. The molecule has 0 saturated carbocycles. The summed E-state index contributed by atoms with van der Waals surface area (Å²) in [5.74, 6) is -0.930. The molecule has 46 heavy (non-hydrogen) atoms. The van der Waals surface area contributed by atoms with E-state index in [0.717, 1.165) is 38.9 Å². The summed E-state index contributed by atoms with van der Waals surface area (Å²) in [6.45, 7) is 12.7. The first-order valence-corrected chi connectivity index (χ1v) is 17.1. The zero-order valence-electron chi connectivity index (χ0n) is 27.3. The number of para-hydroxylation sites is 1. The molecular formula is C34H44N6O5S. The van der Waals surface area contributed by atoms with E-state index in [2.05, 4.69) is 15.6 Å². The van der Waals surface area contributed by atoms with Gasteiger partial charge in [-0.1, -0.05) is 62.4 Å². The zero-order chi connectivity index (χ0) is 33.4. The molecule has 1 aromatic heterocycles. The van der Waals surface area contributed by atoms with Gasteiger partial charge in [-0.3, -0.25) is 18.7 Å². The summed E-state index contributed by atoms with van der Waals surface area (Å²) in [5, 5.41) is 11.5. The van der Waals surface area contributed by atoms with Crippen molar-refractivity contribution in [1.82, 2.24) is 24.6 Å². The smallest absolute Gasteiger partial charge is 0.236 e. The van der Waals surface area contributed by atoms with Crippen molar-refractivity contribution in [3.8, 4) is 5.75 Å². The molecule has 0 fully saturated rings. The SMILES string of the molecule is CCC1CN(Cc2cc(C(c3ccc4c(nnn4CC)c3C)C(C)(C)C(=O)NCC(N)=O)ccc2C)S(O)(O)c2ccccc2O1. The molecule has 1 aliphatic rings. The van der Waals surface area contributed by atoms with Crippen LogP contribution in [0, 0.1) is 19.3 Å². The fourth-order valence-corrected chi connectivity index (χ4v) is 7.92. The van der Waals surface area contributed by atoms with Crippen molar-refractivity contribution in [2.45, 2.75) is 78.0 Å². The van der Waals surface area contributed by atoms with Crippen LogP contribution in [0.2, 0.25) is 0 Å². The van der Waals surface area contributed by atoms with Crippen molar-refractivity contribution < 1.29 is 23.4 Å². The van der Waals surface area contributed by atoms with Gasteiger partial charge in [0.2, 0.25) is 11.8 Å². The lowest BCUT2D eigenvalue weighted by atomic mass is 9.69. The molecule has 2 amide bonds. The highest BCUT2D eigenvalue weighted by Crippen LogP contribution is 2.57. The molecule has 0 radical (unpaired) electrons. The molecule has 0 aliphatic carbocycles. The Morgan fingerprint density at radius 2 is 1.87 bits per heavy atom. The second kappa shape index (κ2) is 13.0.